The van der Waals surface area contributed by atoms with Crippen molar-refractivity contribution in [2.45, 2.75) is 13.8 Å². The lowest BCUT2D eigenvalue weighted by atomic mass is 10.2. The molecule has 0 aromatic heterocycles. The Morgan fingerprint density at radius 3 is 2.56 bits per heavy atom. The van der Waals surface area contributed by atoms with Crippen LogP contribution in [0.1, 0.15) is 18.1 Å². The average Bonchev–Trinajstić information content (AvgIpc) is 2.62. The lowest BCUT2D eigenvalue weighted by molar-refractivity contribution is -0.115. The maximum Gasteiger partial charge on any atom is 0.250 e. The van der Waals surface area contributed by atoms with Gasteiger partial charge >= 0.3 is 0 Å². The number of rotatable bonds is 5. The highest BCUT2D eigenvalue weighted by molar-refractivity contribution is 7.80. The number of para-hydroxylation sites is 1. The quantitative estimate of drug-likeness (QED) is 0.544. The van der Waals surface area contributed by atoms with Crippen LogP contribution in [0.25, 0.3) is 6.08 Å². The van der Waals surface area contributed by atoms with E-state index in [9.17, 15) is 9.59 Å². The standard InChI is InChI=1S/C20H21N3O3S/c1-13-8-10-16(12-17(13)21-14(2)24)22-20(27)23-19(25)11-9-15-6-4-5-7-18(15)26-3/h4-12H,1-3H3,(H,21,24)(H2,22,23,25,27)/b11-9+. The summed E-state index contributed by atoms with van der Waals surface area (Å²) in [5, 5.41) is 8.40. The van der Waals surface area contributed by atoms with Gasteiger partial charge in [0, 0.05) is 29.9 Å². The Bertz CT molecular complexity index is 894. The Kier molecular flexibility index (Phi) is 7.08. The number of aryl methyl sites for hydroxylation is 1. The van der Waals surface area contributed by atoms with Gasteiger partial charge in [-0.05, 0) is 49.0 Å². The predicted octanol–water partition coefficient (Wildman–Crippen LogP) is 3.49. The van der Waals surface area contributed by atoms with Crippen LogP contribution in [0.5, 0.6) is 5.75 Å². The summed E-state index contributed by atoms with van der Waals surface area (Å²) in [5.74, 6) is 0.146. The molecular weight excluding hydrogens is 362 g/mol. The van der Waals surface area contributed by atoms with Crippen molar-refractivity contribution in [3.05, 3.63) is 59.7 Å². The van der Waals surface area contributed by atoms with E-state index in [1.165, 1.54) is 13.0 Å². The number of anilines is 2. The van der Waals surface area contributed by atoms with Crippen LogP contribution in [0.15, 0.2) is 48.5 Å². The van der Waals surface area contributed by atoms with E-state index in [0.29, 0.717) is 17.1 Å². The first kappa shape index (κ1) is 20.1. The minimum Gasteiger partial charge on any atom is -0.496 e. The van der Waals surface area contributed by atoms with Gasteiger partial charge in [-0.15, -0.1) is 0 Å². The van der Waals surface area contributed by atoms with Gasteiger partial charge < -0.3 is 15.4 Å². The molecule has 3 N–H and O–H groups in total. The molecule has 0 aliphatic rings. The van der Waals surface area contributed by atoms with E-state index in [4.69, 9.17) is 17.0 Å². The molecule has 0 radical (unpaired) electrons. The molecule has 7 heteroatoms. The van der Waals surface area contributed by atoms with Crippen LogP contribution in [-0.4, -0.2) is 24.0 Å². The SMILES string of the molecule is COc1ccccc1/C=C/C(=O)NC(=S)Nc1ccc(C)c(NC(C)=O)c1. The second kappa shape index (κ2) is 9.49. The summed E-state index contributed by atoms with van der Waals surface area (Å²) in [4.78, 5) is 23.3. The fraction of sp³-hybridized carbons (Fsp3) is 0.150. The van der Waals surface area contributed by atoms with Gasteiger partial charge in [0.05, 0.1) is 7.11 Å². The zero-order chi connectivity index (χ0) is 19.8. The number of hydrogen-bond donors (Lipinski definition) is 3. The van der Waals surface area contributed by atoms with Crippen LogP contribution >= 0.6 is 12.2 Å². The van der Waals surface area contributed by atoms with Crippen molar-refractivity contribution in [1.82, 2.24) is 5.32 Å². The molecule has 0 spiro atoms. The fourth-order valence-corrected chi connectivity index (χ4v) is 2.53. The minimum absolute atomic E-state index is 0.155. The van der Waals surface area contributed by atoms with Crippen molar-refractivity contribution in [2.75, 3.05) is 17.7 Å². The molecule has 0 heterocycles. The summed E-state index contributed by atoms with van der Waals surface area (Å²) in [6.45, 7) is 3.33. The maximum absolute atomic E-state index is 12.1. The number of nitrogens with one attached hydrogen (secondary N) is 3. The van der Waals surface area contributed by atoms with E-state index in [1.54, 1.807) is 19.3 Å². The average molecular weight is 383 g/mol. The van der Waals surface area contributed by atoms with E-state index in [0.717, 1.165) is 11.1 Å². The van der Waals surface area contributed by atoms with Crippen LogP contribution in [0.2, 0.25) is 0 Å². The third kappa shape index (κ3) is 6.23. The van der Waals surface area contributed by atoms with Crippen molar-refractivity contribution in [3.8, 4) is 5.75 Å². The first-order valence-corrected chi connectivity index (χ1v) is 8.61. The molecule has 0 unspecified atom stereocenters. The van der Waals surface area contributed by atoms with Crippen LogP contribution in [0, 0.1) is 6.92 Å². The molecule has 27 heavy (non-hydrogen) atoms. The summed E-state index contributed by atoms with van der Waals surface area (Å²) in [7, 11) is 1.57. The first-order chi connectivity index (χ1) is 12.9. The summed E-state index contributed by atoms with van der Waals surface area (Å²) in [6.07, 6.45) is 3.03. The molecule has 0 saturated heterocycles. The van der Waals surface area contributed by atoms with Crippen molar-refractivity contribution in [2.24, 2.45) is 0 Å². The van der Waals surface area contributed by atoms with Gasteiger partial charge in [0.15, 0.2) is 5.11 Å². The lowest BCUT2D eigenvalue weighted by Gasteiger charge is -2.12. The number of benzene rings is 2. The zero-order valence-corrected chi connectivity index (χ0v) is 16.1. The third-order valence-electron chi connectivity index (χ3n) is 3.60. The van der Waals surface area contributed by atoms with Crippen molar-refractivity contribution < 1.29 is 14.3 Å². The van der Waals surface area contributed by atoms with Gasteiger partial charge in [0.1, 0.15) is 5.75 Å². The Labute approximate surface area is 163 Å². The predicted molar refractivity (Wildman–Crippen MR) is 112 cm³/mol. The highest BCUT2D eigenvalue weighted by atomic mass is 32.1. The van der Waals surface area contributed by atoms with Gasteiger partial charge in [-0.25, -0.2) is 0 Å². The molecule has 0 saturated carbocycles. The molecule has 2 amide bonds. The summed E-state index contributed by atoms with van der Waals surface area (Å²) >= 11 is 5.17. The van der Waals surface area contributed by atoms with E-state index in [-0.39, 0.29) is 16.9 Å². The number of methoxy groups -OCH3 is 1. The smallest absolute Gasteiger partial charge is 0.250 e. The molecule has 0 aliphatic carbocycles. The van der Waals surface area contributed by atoms with Crippen LogP contribution in [0.4, 0.5) is 11.4 Å². The highest BCUT2D eigenvalue weighted by Crippen LogP contribution is 2.20. The Hall–Kier alpha value is -3.19. The van der Waals surface area contributed by atoms with Crippen LogP contribution in [-0.2, 0) is 9.59 Å². The number of ether oxygens (including phenoxy) is 1. The monoisotopic (exact) mass is 383 g/mol. The molecule has 0 atom stereocenters. The summed E-state index contributed by atoms with van der Waals surface area (Å²) in [5.41, 5.74) is 3.04. The molecule has 6 nitrogen and oxygen atoms in total. The molecule has 140 valence electrons. The number of carbonyl (C=O) groups excluding carboxylic acids is 2. The molecule has 2 rings (SSSR count). The largest absolute Gasteiger partial charge is 0.496 e. The number of carbonyl (C=O) groups is 2. The Morgan fingerprint density at radius 2 is 1.85 bits per heavy atom. The highest BCUT2D eigenvalue weighted by Gasteiger charge is 2.06. The minimum atomic E-state index is -0.368. The van der Waals surface area contributed by atoms with Gasteiger partial charge in [-0.1, -0.05) is 24.3 Å². The first-order valence-electron chi connectivity index (χ1n) is 8.20. The Morgan fingerprint density at radius 1 is 1.11 bits per heavy atom. The molecule has 0 fully saturated rings. The second-order valence-corrected chi connectivity index (χ2v) is 6.14. The second-order valence-electron chi connectivity index (χ2n) is 5.73. The fourth-order valence-electron chi connectivity index (χ4n) is 2.31. The van der Waals surface area contributed by atoms with Crippen LogP contribution < -0.4 is 20.7 Å². The van der Waals surface area contributed by atoms with Gasteiger partial charge in [0.25, 0.3) is 0 Å². The molecule has 0 aliphatic heterocycles. The van der Waals surface area contributed by atoms with Crippen LogP contribution in [0.3, 0.4) is 0 Å². The van der Waals surface area contributed by atoms with Gasteiger partial charge in [-0.3, -0.25) is 14.9 Å². The molecular formula is C20H21N3O3S. The number of amides is 2. The van der Waals surface area contributed by atoms with E-state index < -0.39 is 0 Å². The number of thiocarbonyl (C=S) groups is 1. The van der Waals surface area contributed by atoms with E-state index in [1.807, 2.05) is 43.3 Å². The lowest BCUT2D eigenvalue weighted by Crippen LogP contribution is -2.32. The molecule has 2 aromatic rings. The molecule has 0 bridgehead atoms. The summed E-state index contributed by atoms with van der Waals surface area (Å²) < 4.78 is 5.23. The van der Waals surface area contributed by atoms with E-state index in [2.05, 4.69) is 16.0 Å². The number of hydrogen-bond acceptors (Lipinski definition) is 4. The van der Waals surface area contributed by atoms with Crippen molar-refractivity contribution >= 4 is 46.6 Å². The van der Waals surface area contributed by atoms with Crippen molar-refractivity contribution in [1.29, 1.82) is 0 Å². The topological polar surface area (TPSA) is 79.5 Å². The van der Waals surface area contributed by atoms with Crippen molar-refractivity contribution in [3.63, 3.8) is 0 Å². The van der Waals surface area contributed by atoms with Gasteiger partial charge in [0.2, 0.25) is 11.8 Å². The third-order valence-corrected chi connectivity index (χ3v) is 3.80. The van der Waals surface area contributed by atoms with Gasteiger partial charge in [-0.2, -0.15) is 0 Å². The Balaban J connectivity index is 1.98. The zero-order valence-electron chi connectivity index (χ0n) is 15.3. The normalized spacial score (nSPS) is 10.3. The summed E-state index contributed by atoms with van der Waals surface area (Å²) in [6, 6.07) is 12.8. The molecule has 2 aromatic carbocycles. The van der Waals surface area contributed by atoms with E-state index >= 15 is 0 Å². The maximum atomic E-state index is 12.1.